The minimum absolute atomic E-state index is 0.205. The van der Waals surface area contributed by atoms with Crippen molar-refractivity contribution in [1.29, 1.82) is 0 Å². The highest BCUT2D eigenvalue weighted by Gasteiger charge is 2.13. The highest BCUT2D eigenvalue weighted by molar-refractivity contribution is 6.04. The fraction of sp³-hybridized carbons (Fsp3) is 0.267. The van der Waals surface area contributed by atoms with Gasteiger partial charge < -0.3 is 10.1 Å². The summed E-state index contributed by atoms with van der Waals surface area (Å²) < 4.78 is 5.30. The second-order valence-corrected chi connectivity index (χ2v) is 4.39. The van der Waals surface area contributed by atoms with Gasteiger partial charge in [0, 0.05) is 11.9 Å². The summed E-state index contributed by atoms with van der Waals surface area (Å²) in [5.74, 6) is -0.338. The molecule has 0 saturated heterocycles. The van der Waals surface area contributed by atoms with Crippen molar-refractivity contribution < 1.29 is 9.53 Å². The van der Waals surface area contributed by atoms with E-state index >= 15 is 0 Å². The lowest BCUT2D eigenvalue weighted by Crippen LogP contribution is -2.29. The molecule has 6 heteroatoms. The van der Waals surface area contributed by atoms with E-state index in [4.69, 9.17) is 4.74 Å². The first kappa shape index (κ1) is 14.9. The zero-order valence-electron chi connectivity index (χ0n) is 11.6. The molecule has 110 valence electrons. The lowest BCUT2D eigenvalue weighted by Gasteiger charge is -2.07. The molecule has 1 heterocycles. The molecule has 0 radical (unpaired) electrons. The largest absolute Gasteiger partial charge is 0.379 e. The number of aromatic amines is 1. The van der Waals surface area contributed by atoms with Crippen molar-refractivity contribution in [2.75, 3.05) is 19.8 Å². The molecule has 2 N–H and O–H groups in total. The maximum absolute atomic E-state index is 12.1. The molecule has 0 fully saturated rings. The maximum atomic E-state index is 12.1. The molecule has 1 amide bonds. The van der Waals surface area contributed by atoms with Crippen LogP contribution in [0.4, 0.5) is 0 Å². The number of ether oxygens (including phenoxy) is 1. The topological polar surface area (TPSA) is 84.1 Å². The quantitative estimate of drug-likeness (QED) is 0.593. The van der Waals surface area contributed by atoms with Crippen LogP contribution in [0.15, 0.2) is 41.7 Å². The van der Waals surface area contributed by atoms with Gasteiger partial charge in [-0.05, 0) is 12.5 Å². The molecule has 21 heavy (non-hydrogen) atoms. The molecule has 0 unspecified atom stereocenters. The van der Waals surface area contributed by atoms with Gasteiger partial charge in [-0.2, -0.15) is 5.10 Å². The summed E-state index contributed by atoms with van der Waals surface area (Å²) in [5, 5.41) is 9.86. The van der Waals surface area contributed by atoms with Gasteiger partial charge in [0.25, 0.3) is 11.5 Å². The van der Waals surface area contributed by atoms with E-state index in [1.807, 2.05) is 0 Å². The van der Waals surface area contributed by atoms with Crippen molar-refractivity contribution >= 4 is 16.7 Å². The number of hydrogen-bond acceptors (Lipinski definition) is 4. The Balaban J connectivity index is 2.02. The van der Waals surface area contributed by atoms with Gasteiger partial charge in [0.05, 0.1) is 18.6 Å². The molecule has 0 bridgehead atoms. The van der Waals surface area contributed by atoms with Crippen molar-refractivity contribution in [3.63, 3.8) is 0 Å². The van der Waals surface area contributed by atoms with Crippen molar-refractivity contribution in [2.24, 2.45) is 0 Å². The highest BCUT2D eigenvalue weighted by Crippen LogP contribution is 2.11. The molecule has 0 aliphatic carbocycles. The molecule has 2 aromatic rings. The van der Waals surface area contributed by atoms with E-state index < -0.39 is 0 Å². The van der Waals surface area contributed by atoms with Crippen LogP contribution in [0.1, 0.15) is 16.9 Å². The van der Waals surface area contributed by atoms with Crippen LogP contribution in [0.5, 0.6) is 0 Å². The second kappa shape index (κ2) is 7.35. The Morgan fingerprint density at radius 3 is 2.86 bits per heavy atom. The summed E-state index contributed by atoms with van der Waals surface area (Å²) in [6.07, 6.45) is 2.55. The first-order chi connectivity index (χ1) is 10.2. The van der Waals surface area contributed by atoms with Crippen molar-refractivity contribution in [2.45, 2.75) is 6.42 Å². The van der Waals surface area contributed by atoms with Crippen LogP contribution in [-0.2, 0) is 4.74 Å². The number of benzene rings is 1. The van der Waals surface area contributed by atoms with E-state index in [1.54, 1.807) is 30.3 Å². The fourth-order valence-corrected chi connectivity index (χ4v) is 1.88. The molecule has 0 saturated carbocycles. The number of fused-ring (bicyclic) bond motifs is 1. The van der Waals surface area contributed by atoms with Crippen LogP contribution in [0.3, 0.4) is 0 Å². The smallest absolute Gasteiger partial charge is 0.272 e. The number of hydrogen-bond donors (Lipinski definition) is 2. The predicted molar refractivity (Wildman–Crippen MR) is 80.3 cm³/mol. The molecule has 0 aliphatic heterocycles. The van der Waals surface area contributed by atoms with E-state index in [1.165, 1.54) is 0 Å². The summed E-state index contributed by atoms with van der Waals surface area (Å²) in [5.41, 5.74) is -0.105. The average molecular weight is 287 g/mol. The van der Waals surface area contributed by atoms with Crippen molar-refractivity contribution in [3.8, 4) is 0 Å². The molecular formula is C15H17N3O3. The van der Waals surface area contributed by atoms with Gasteiger partial charge in [-0.1, -0.05) is 24.3 Å². The monoisotopic (exact) mass is 287 g/mol. The van der Waals surface area contributed by atoms with Gasteiger partial charge in [0.15, 0.2) is 5.69 Å². The molecule has 1 aromatic heterocycles. The van der Waals surface area contributed by atoms with E-state index in [9.17, 15) is 9.59 Å². The summed E-state index contributed by atoms with van der Waals surface area (Å²) in [6, 6.07) is 6.86. The zero-order valence-corrected chi connectivity index (χ0v) is 11.6. The summed E-state index contributed by atoms with van der Waals surface area (Å²) >= 11 is 0. The molecule has 6 nitrogen and oxygen atoms in total. The van der Waals surface area contributed by atoms with Crippen LogP contribution in [0, 0.1) is 0 Å². The Labute approximate surface area is 121 Å². The first-order valence-corrected chi connectivity index (χ1v) is 6.68. The molecule has 0 spiro atoms. The van der Waals surface area contributed by atoms with E-state index in [-0.39, 0.29) is 17.2 Å². The fourth-order valence-electron chi connectivity index (χ4n) is 1.88. The second-order valence-electron chi connectivity index (χ2n) is 4.39. The van der Waals surface area contributed by atoms with Crippen LogP contribution < -0.4 is 10.9 Å². The average Bonchev–Trinajstić information content (AvgIpc) is 2.51. The zero-order chi connectivity index (χ0) is 15.1. The lowest BCUT2D eigenvalue weighted by molar-refractivity contribution is 0.0914. The summed E-state index contributed by atoms with van der Waals surface area (Å²) in [6.45, 7) is 4.98. The molecular weight excluding hydrogens is 270 g/mol. The lowest BCUT2D eigenvalue weighted by atomic mass is 10.1. The van der Waals surface area contributed by atoms with E-state index in [0.717, 1.165) is 6.42 Å². The van der Waals surface area contributed by atoms with Gasteiger partial charge >= 0.3 is 0 Å². The highest BCUT2D eigenvalue weighted by atomic mass is 16.5. The van der Waals surface area contributed by atoms with Gasteiger partial charge in [0.2, 0.25) is 0 Å². The Bertz CT molecular complexity index is 694. The minimum Gasteiger partial charge on any atom is -0.379 e. The standard InChI is InChI=1S/C15H17N3O3/c1-2-3-9-21-10-8-16-15(20)13-11-6-4-5-7-12(11)14(19)18-17-13/h2,4-7H,1,3,8-10H2,(H,16,20)(H,18,19). The van der Waals surface area contributed by atoms with Crippen LogP contribution in [0.25, 0.3) is 10.8 Å². The van der Waals surface area contributed by atoms with E-state index in [0.29, 0.717) is 30.5 Å². The van der Waals surface area contributed by atoms with Crippen LogP contribution in [0.2, 0.25) is 0 Å². The number of carbonyl (C=O) groups excluding carboxylic acids is 1. The number of nitrogens with zero attached hydrogens (tertiary/aromatic N) is 1. The van der Waals surface area contributed by atoms with Gasteiger partial charge in [-0.15, -0.1) is 6.58 Å². The number of rotatable bonds is 7. The number of aromatic nitrogens is 2. The third kappa shape index (κ3) is 3.76. The van der Waals surface area contributed by atoms with Crippen molar-refractivity contribution in [1.82, 2.24) is 15.5 Å². The van der Waals surface area contributed by atoms with E-state index in [2.05, 4.69) is 22.1 Å². The van der Waals surface area contributed by atoms with Crippen LogP contribution >= 0.6 is 0 Å². The third-order valence-corrected chi connectivity index (χ3v) is 2.91. The van der Waals surface area contributed by atoms with Gasteiger partial charge in [-0.25, -0.2) is 5.10 Å². The first-order valence-electron chi connectivity index (χ1n) is 6.68. The Kier molecular flexibility index (Phi) is 5.22. The SMILES string of the molecule is C=CCCOCCNC(=O)c1n[nH]c(=O)c2ccccc12. The van der Waals surface area contributed by atoms with Crippen molar-refractivity contribution in [3.05, 3.63) is 53.0 Å². The Hall–Kier alpha value is -2.47. The number of H-pyrrole nitrogens is 1. The number of carbonyl (C=O) groups is 1. The normalized spacial score (nSPS) is 10.5. The predicted octanol–water partition coefficient (Wildman–Crippen LogP) is 1.25. The maximum Gasteiger partial charge on any atom is 0.272 e. The molecule has 2 rings (SSSR count). The Morgan fingerprint density at radius 2 is 2.10 bits per heavy atom. The third-order valence-electron chi connectivity index (χ3n) is 2.91. The molecule has 1 aromatic carbocycles. The molecule has 0 atom stereocenters. The van der Waals surface area contributed by atoms with Crippen LogP contribution in [-0.4, -0.2) is 35.9 Å². The minimum atomic E-state index is -0.338. The summed E-state index contributed by atoms with van der Waals surface area (Å²) in [7, 11) is 0. The number of nitrogens with one attached hydrogen (secondary N) is 2. The van der Waals surface area contributed by atoms with Gasteiger partial charge in [0.1, 0.15) is 0 Å². The number of amides is 1. The van der Waals surface area contributed by atoms with Gasteiger partial charge in [-0.3, -0.25) is 9.59 Å². The molecule has 0 aliphatic rings. The summed E-state index contributed by atoms with van der Waals surface area (Å²) in [4.78, 5) is 23.7. The Morgan fingerprint density at radius 1 is 1.33 bits per heavy atom.